The molecule has 2 fully saturated rings. The Labute approximate surface area is 198 Å². The van der Waals surface area contributed by atoms with Crippen molar-refractivity contribution in [3.63, 3.8) is 0 Å². The van der Waals surface area contributed by atoms with Crippen molar-refractivity contribution >= 4 is 35.4 Å². The maximum atomic E-state index is 12.9. The van der Waals surface area contributed by atoms with E-state index in [1.54, 1.807) is 18.3 Å². The number of hydrogen-bond acceptors (Lipinski definition) is 8. The maximum Gasteiger partial charge on any atom is 0.257 e. The summed E-state index contributed by atoms with van der Waals surface area (Å²) in [6.07, 6.45) is 5.15. The first kappa shape index (κ1) is 23.4. The molecule has 0 spiro atoms. The van der Waals surface area contributed by atoms with Gasteiger partial charge in [-0.3, -0.25) is 14.5 Å². The van der Waals surface area contributed by atoms with E-state index < -0.39 is 0 Å². The molecule has 1 unspecified atom stereocenters. The van der Waals surface area contributed by atoms with Crippen LogP contribution in [-0.2, 0) is 0 Å². The van der Waals surface area contributed by atoms with Gasteiger partial charge in [-0.2, -0.15) is 0 Å². The van der Waals surface area contributed by atoms with E-state index in [4.69, 9.17) is 17.3 Å². The number of carbonyl (C=O) groups excluding carboxylic acids is 2. The molecule has 0 saturated carbocycles. The normalized spacial score (nSPS) is 20.2. The Balaban J connectivity index is 1.37. The molecular formula is C23H30ClN7O2. The van der Waals surface area contributed by atoms with E-state index in [1.165, 1.54) is 0 Å². The van der Waals surface area contributed by atoms with Gasteiger partial charge in [-0.15, -0.1) is 0 Å². The van der Waals surface area contributed by atoms with Crippen molar-refractivity contribution in [1.82, 2.24) is 24.8 Å². The van der Waals surface area contributed by atoms with Crippen molar-refractivity contribution in [2.45, 2.75) is 45.2 Å². The molecule has 4 heterocycles. The molecule has 2 saturated heterocycles. The van der Waals surface area contributed by atoms with Crippen molar-refractivity contribution in [1.29, 1.82) is 0 Å². The van der Waals surface area contributed by atoms with Gasteiger partial charge in [-0.1, -0.05) is 18.5 Å². The smallest absolute Gasteiger partial charge is 0.257 e. The van der Waals surface area contributed by atoms with Crippen LogP contribution in [0.1, 0.15) is 52.7 Å². The minimum atomic E-state index is -0.0835. The van der Waals surface area contributed by atoms with E-state index in [0.717, 1.165) is 56.7 Å². The van der Waals surface area contributed by atoms with E-state index in [-0.39, 0.29) is 16.9 Å². The Kier molecular flexibility index (Phi) is 7.09. The highest BCUT2D eigenvalue weighted by Gasteiger charge is 2.35. The summed E-state index contributed by atoms with van der Waals surface area (Å²) < 4.78 is 0. The highest BCUT2D eigenvalue weighted by Crippen LogP contribution is 2.27. The zero-order valence-corrected chi connectivity index (χ0v) is 19.8. The third-order valence-electron chi connectivity index (χ3n) is 6.70. The molecule has 0 aliphatic carbocycles. The number of piperazine rings is 1. The molecule has 9 nitrogen and oxygen atoms in total. The molecule has 1 amide bonds. The first-order chi connectivity index (χ1) is 15.9. The predicted octanol–water partition coefficient (Wildman–Crippen LogP) is 2.43. The Bertz CT molecular complexity index is 1030. The zero-order valence-electron chi connectivity index (χ0n) is 19.1. The number of nitrogens with two attached hydrogens (primary N) is 1. The molecule has 176 valence electrons. The molecular weight excluding hydrogens is 442 g/mol. The molecule has 4 rings (SSSR count). The van der Waals surface area contributed by atoms with Crippen molar-refractivity contribution in [2.24, 2.45) is 0 Å². The third-order valence-corrected chi connectivity index (χ3v) is 6.91. The van der Waals surface area contributed by atoms with Gasteiger partial charge in [0.05, 0.1) is 17.5 Å². The Morgan fingerprint density at radius 2 is 1.97 bits per heavy atom. The second-order valence-electron chi connectivity index (χ2n) is 8.66. The van der Waals surface area contributed by atoms with Gasteiger partial charge in [0, 0.05) is 44.8 Å². The quantitative estimate of drug-likeness (QED) is 0.523. The average Bonchev–Trinajstić information content (AvgIpc) is 2.83. The summed E-state index contributed by atoms with van der Waals surface area (Å²) in [5.74, 6) is 0.949. The molecule has 2 aromatic rings. The fraction of sp³-hybridized carbons (Fsp3) is 0.522. The van der Waals surface area contributed by atoms with Crippen molar-refractivity contribution < 1.29 is 9.59 Å². The summed E-state index contributed by atoms with van der Waals surface area (Å²) in [7, 11) is 0. The number of pyridine rings is 1. The lowest BCUT2D eigenvalue weighted by atomic mass is 9.97. The Morgan fingerprint density at radius 1 is 1.21 bits per heavy atom. The van der Waals surface area contributed by atoms with Gasteiger partial charge < -0.3 is 15.5 Å². The van der Waals surface area contributed by atoms with Gasteiger partial charge in [-0.05, 0) is 38.3 Å². The molecule has 33 heavy (non-hydrogen) atoms. The van der Waals surface area contributed by atoms with Crippen LogP contribution in [0.3, 0.4) is 0 Å². The predicted molar refractivity (Wildman–Crippen MR) is 128 cm³/mol. The van der Waals surface area contributed by atoms with E-state index in [9.17, 15) is 9.59 Å². The lowest BCUT2D eigenvalue weighted by Crippen LogP contribution is -2.59. The first-order valence-electron chi connectivity index (χ1n) is 11.4. The number of rotatable bonds is 5. The number of aromatic nitrogens is 3. The van der Waals surface area contributed by atoms with Crippen LogP contribution in [-0.4, -0.2) is 81.8 Å². The number of carbonyl (C=O) groups is 2. The van der Waals surface area contributed by atoms with E-state index in [0.29, 0.717) is 36.4 Å². The van der Waals surface area contributed by atoms with Crippen LogP contribution in [0.2, 0.25) is 5.15 Å². The molecule has 2 N–H and O–H groups in total. The molecule has 0 aromatic carbocycles. The molecule has 1 atom stereocenters. The van der Waals surface area contributed by atoms with E-state index in [1.807, 2.05) is 11.8 Å². The number of amides is 1. The maximum absolute atomic E-state index is 12.9. The summed E-state index contributed by atoms with van der Waals surface area (Å²) in [5, 5.41) is 0.286. The topological polar surface area (TPSA) is 109 Å². The average molecular weight is 472 g/mol. The summed E-state index contributed by atoms with van der Waals surface area (Å²) in [6.45, 7) is 8.17. The van der Waals surface area contributed by atoms with Crippen molar-refractivity contribution in [2.75, 3.05) is 43.4 Å². The second kappa shape index (κ2) is 10.0. The molecule has 2 aromatic heterocycles. The molecule has 0 bridgehead atoms. The fourth-order valence-corrected chi connectivity index (χ4v) is 5.12. The van der Waals surface area contributed by atoms with Crippen LogP contribution < -0.4 is 10.6 Å². The monoisotopic (exact) mass is 471 g/mol. The van der Waals surface area contributed by atoms with Gasteiger partial charge in [0.15, 0.2) is 6.29 Å². The number of nitrogen functional groups attached to an aromatic ring is 1. The largest absolute Gasteiger partial charge is 0.383 e. The second-order valence-corrected chi connectivity index (χ2v) is 9.05. The SMILES string of the molecule is CCC1CN(c2ncc(C=O)nc2C)CCN1C1CCN(C(=O)c2ccc(Cl)nc2N)CC1. The summed E-state index contributed by atoms with van der Waals surface area (Å²) in [4.78, 5) is 43.5. The van der Waals surface area contributed by atoms with Crippen LogP contribution in [0.5, 0.6) is 0 Å². The lowest BCUT2D eigenvalue weighted by Gasteiger charge is -2.47. The van der Waals surface area contributed by atoms with Crippen LogP contribution in [0.15, 0.2) is 18.3 Å². The number of aryl methyl sites for hydroxylation is 1. The minimum Gasteiger partial charge on any atom is -0.383 e. The van der Waals surface area contributed by atoms with Gasteiger partial charge in [-0.25, -0.2) is 15.0 Å². The van der Waals surface area contributed by atoms with Gasteiger partial charge in [0.25, 0.3) is 5.91 Å². The highest BCUT2D eigenvalue weighted by molar-refractivity contribution is 6.29. The Hall–Kier alpha value is -2.78. The van der Waals surface area contributed by atoms with Crippen LogP contribution in [0, 0.1) is 6.92 Å². The molecule has 10 heteroatoms. The number of anilines is 2. The molecule has 2 aliphatic rings. The van der Waals surface area contributed by atoms with Crippen LogP contribution >= 0.6 is 11.6 Å². The zero-order chi connectivity index (χ0) is 23.5. The highest BCUT2D eigenvalue weighted by atomic mass is 35.5. The number of halogens is 1. The van der Waals surface area contributed by atoms with Gasteiger partial charge >= 0.3 is 0 Å². The summed E-state index contributed by atoms with van der Waals surface area (Å²) in [6, 6.07) is 4.08. The number of hydrogen-bond donors (Lipinski definition) is 1. The fourth-order valence-electron chi connectivity index (χ4n) is 4.97. The number of aldehydes is 1. The van der Waals surface area contributed by atoms with Gasteiger partial charge in [0.2, 0.25) is 0 Å². The number of nitrogens with zero attached hydrogens (tertiary/aromatic N) is 6. The summed E-state index contributed by atoms with van der Waals surface area (Å²) in [5.41, 5.74) is 7.47. The van der Waals surface area contributed by atoms with E-state index >= 15 is 0 Å². The first-order valence-corrected chi connectivity index (χ1v) is 11.8. The number of piperidine rings is 1. The number of likely N-dealkylation sites (tertiary alicyclic amines) is 1. The van der Waals surface area contributed by atoms with Crippen LogP contribution in [0.4, 0.5) is 11.6 Å². The third kappa shape index (κ3) is 4.94. The van der Waals surface area contributed by atoms with Crippen molar-refractivity contribution in [3.05, 3.63) is 40.4 Å². The lowest BCUT2D eigenvalue weighted by molar-refractivity contribution is 0.0491. The molecule has 0 radical (unpaired) electrons. The summed E-state index contributed by atoms with van der Waals surface area (Å²) >= 11 is 5.87. The van der Waals surface area contributed by atoms with Crippen LogP contribution in [0.25, 0.3) is 0 Å². The van der Waals surface area contributed by atoms with Gasteiger partial charge in [0.1, 0.15) is 22.5 Å². The van der Waals surface area contributed by atoms with E-state index in [2.05, 4.69) is 31.7 Å². The standard InChI is InChI=1S/C23H30ClN7O2/c1-3-17-13-30(22-15(2)27-16(14-32)12-26-22)10-11-31(17)18-6-8-29(9-7-18)23(33)19-4-5-20(24)28-21(19)25/h4-5,12,14,17-18H,3,6-11,13H2,1-2H3,(H2,25,28). The van der Waals surface area contributed by atoms with Crippen molar-refractivity contribution in [3.8, 4) is 0 Å². The minimum absolute atomic E-state index is 0.0835. The molecule has 2 aliphatic heterocycles. The Morgan fingerprint density at radius 3 is 2.61 bits per heavy atom.